The third-order valence-corrected chi connectivity index (χ3v) is 7.67. The zero-order chi connectivity index (χ0) is 28.2. The maximum absolute atomic E-state index is 12.4. The summed E-state index contributed by atoms with van der Waals surface area (Å²) in [6.45, 7) is 3.12. The molecule has 0 radical (unpaired) electrons. The highest BCUT2D eigenvalue weighted by Gasteiger charge is 2.33. The summed E-state index contributed by atoms with van der Waals surface area (Å²) in [7, 11) is 0. The van der Waals surface area contributed by atoms with Gasteiger partial charge in [0.25, 0.3) is 0 Å². The number of likely N-dealkylation sites (tertiary alicyclic amines) is 1. The van der Waals surface area contributed by atoms with Crippen LogP contribution in [0.4, 0.5) is 5.69 Å². The average molecular weight is 554 g/mol. The number of benzene rings is 2. The summed E-state index contributed by atoms with van der Waals surface area (Å²) < 4.78 is 12.9. The molecular formula is C31H43N3O6. The summed E-state index contributed by atoms with van der Waals surface area (Å²) in [5.74, 6) is -0.422. The minimum atomic E-state index is -0.510. The molecule has 9 nitrogen and oxygen atoms in total. The standard InChI is InChI=1S/C31H43N3O6/c35-22-23-10-12-24(13-11-23)28-20-27(21-34-18-6-3-7-19-34)39-31(40-28)25-14-16-26(17-15-25)32-29(36)8-4-1-2-5-9-30(37)33-38/h10-17,27-28,31,35,38H,1-9,18-22H2,(H,32,36)(H,33,37). The first-order valence-corrected chi connectivity index (χ1v) is 14.6. The Labute approximate surface area is 236 Å². The first kappa shape index (κ1) is 30.1. The Hall–Kier alpha value is -2.82. The Morgan fingerprint density at radius 2 is 1.48 bits per heavy atom. The molecule has 40 heavy (non-hydrogen) atoms. The minimum absolute atomic E-state index is 0.0174. The van der Waals surface area contributed by atoms with Crippen molar-refractivity contribution in [2.24, 2.45) is 0 Å². The van der Waals surface area contributed by atoms with Crippen LogP contribution in [0.5, 0.6) is 0 Å². The fraction of sp³-hybridized carbons (Fsp3) is 0.548. The van der Waals surface area contributed by atoms with Crippen LogP contribution in [0.3, 0.4) is 0 Å². The number of aliphatic hydroxyl groups excluding tert-OH is 1. The molecule has 2 amide bonds. The van der Waals surface area contributed by atoms with Crippen LogP contribution in [0.25, 0.3) is 0 Å². The lowest BCUT2D eigenvalue weighted by molar-refractivity contribution is -0.253. The summed E-state index contributed by atoms with van der Waals surface area (Å²) in [5, 5.41) is 20.9. The number of anilines is 1. The molecule has 2 saturated heterocycles. The summed E-state index contributed by atoms with van der Waals surface area (Å²) in [4.78, 5) is 25.9. The Kier molecular flexibility index (Phi) is 11.9. The Balaban J connectivity index is 1.32. The van der Waals surface area contributed by atoms with E-state index in [1.165, 1.54) is 19.3 Å². The SMILES string of the molecule is O=C(CCCCCCC(=O)Nc1ccc(C2OC(CN3CCCCC3)CC(c3ccc(CO)cc3)O2)cc1)NO. The maximum atomic E-state index is 12.4. The average Bonchev–Trinajstić information content (AvgIpc) is 2.99. The van der Waals surface area contributed by atoms with Crippen LogP contribution in [-0.2, 0) is 25.7 Å². The number of unbranched alkanes of at least 4 members (excludes halogenated alkanes) is 3. The van der Waals surface area contributed by atoms with Gasteiger partial charge in [-0.25, -0.2) is 5.48 Å². The lowest BCUT2D eigenvalue weighted by Crippen LogP contribution is -2.41. The van der Waals surface area contributed by atoms with Gasteiger partial charge in [0.05, 0.1) is 18.8 Å². The van der Waals surface area contributed by atoms with Crippen molar-refractivity contribution in [2.75, 3.05) is 25.0 Å². The van der Waals surface area contributed by atoms with Crippen LogP contribution in [0.1, 0.15) is 93.3 Å². The molecule has 0 bridgehead atoms. The number of aliphatic hydroxyl groups is 1. The lowest BCUT2D eigenvalue weighted by atomic mass is 9.99. The smallest absolute Gasteiger partial charge is 0.243 e. The molecule has 3 unspecified atom stereocenters. The second kappa shape index (κ2) is 15.8. The van der Waals surface area contributed by atoms with Crippen LogP contribution >= 0.6 is 0 Å². The lowest BCUT2D eigenvalue weighted by Gasteiger charge is -2.39. The van der Waals surface area contributed by atoms with Crippen molar-refractivity contribution in [3.05, 3.63) is 65.2 Å². The Morgan fingerprint density at radius 1 is 0.825 bits per heavy atom. The molecule has 9 heteroatoms. The van der Waals surface area contributed by atoms with E-state index in [0.717, 1.165) is 67.7 Å². The topological polar surface area (TPSA) is 120 Å². The number of amides is 2. The van der Waals surface area contributed by atoms with Gasteiger partial charge in [0, 0.05) is 37.1 Å². The van der Waals surface area contributed by atoms with Gasteiger partial charge in [0.1, 0.15) is 0 Å². The van der Waals surface area contributed by atoms with Crippen molar-refractivity contribution in [1.29, 1.82) is 0 Å². The van der Waals surface area contributed by atoms with Gasteiger partial charge in [-0.2, -0.15) is 0 Å². The fourth-order valence-corrected chi connectivity index (χ4v) is 5.39. The van der Waals surface area contributed by atoms with E-state index in [0.29, 0.717) is 19.3 Å². The zero-order valence-corrected chi connectivity index (χ0v) is 23.2. The van der Waals surface area contributed by atoms with Crippen molar-refractivity contribution in [3.63, 3.8) is 0 Å². The van der Waals surface area contributed by atoms with E-state index in [1.54, 1.807) is 5.48 Å². The van der Waals surface area contributed by atoms with E-state index < -0.39 is 6.29 Å². The molecule has 218 valence electrons. The number of hydrogen-bond donors (Lipinski definition) is 4. The molecule has 2 aliphatic heterocycles. The second-order valence-electron chi connectivity index (χ2n) is 10.8. The summed E-state index contributed by atoms with van der Waals surface area (Å²) in [6, 6.07) is 15.6. The number of ether oxygens (including phenoxy) is 2. The van der Waals surface area contributed by atoms with Crippen molar-refractivity contribution in [2.45, 2.75) is 89.3 Å². The molecule has 2 fully saturated rings. The highest BCUT2D eigenvalue weighted by atomic mass is 16.7. The fourth-order valence-electron chi connectivity index (χ4n) is 5.39. The molecule has 0 saturated carbocycles. The molecule has 0 aliphatic carbocycles. The van der Waals surface area contributed by atoms with Gasteiger partial charge in [-0.1, -0.05) is 55.7 Å². The minimum Gasteiger partial charge on any atom is -0.392 e. The number of hydrogen-bond acceptors (Lipinski definition) is 7. The highest BCUT2D eigenvalue weighted by Crippen LogP contribution is 2.38. The van der Waals surface area contributed by atoms with Gasteiger partial charge in [-0.3, -0.25) is 14.8 Å². The van der Waals surface area contributed by atoms with Crippen LogP contribution in [0.2, 0.25) is 0 Å². The molecule has 2 aromatic rings. The van der Waals surface area contributed by atoms with Crippen molar-refractivity contribution >= 4 is 17.5 Å². The molecule has 0 spiro atoms. The quantitative estimate of drug-likeness (QED) is 0.157. The first-order valence-electron chi connectivity index (χ1n) is 14.6. The summed E-state index contributed by atoms with van der Waals surface area (Å²) in [6.07, 6.45) is 7.77. The highest BCUT2D eigenvalue weighted by molar-refractivity contribution is 5.90. The second-order valence-corrected chi connectivity index (χ2v) is 10.8. The largest absolute Gasteiger partial charge is 0.392 e. The van der Waals surface area contributed by atoms with Gasteiger partial charge in [-0.15, -0.1) is 0 Å². The number of hydroxylamine groups is 1. The predicted octanol–water partition coefficient (Wildman–Crippen LogP) is 4.99. The summed E-state index contributed by atoms with van der Waals surface area (Å²) in [5.41, 5.74) is 5.22. The molecule has 2 aromatic carbocycles. The maximum Gasteiger partial charge on any atom is 0.243 e. The van der Waals surface area contributed by atoms with Crippen LogP contribution < -0.4 is 10.8 Å². The Morgan fingerprint density at radius 3 is 2.12 bits per heavy atom. The Bertz CT molecular complexity index is 1060. The van der Waals surface area contributed by atoms with Crippen LogP contribution in [-0.4, -0.2) is 52.8 Å². The number of piperidine rings is 1. The molecule has 4 N–H and O–H groups in total. The van der Waals surface area contributed by atoms with Crippen LogP contribution in [0, 0.1) is 0 Å². The van der Waals surface area contributed by atoms with Crippen LogP contribution in [0.15, 0.2) is 48.5 Å². The van der Waals surface area contributed by atoms with E-state index >= 15 is 0 Å². The molecular weight excluding hydrogens is 510 g/mol. The van der Waals surface area contributed by atoms with Gasteiger partial charge in [-0.05, 0) is 62.0 Å². The molecule has 4 rings (SSSR count). The monoisotopic (exact) mass is 553 g/mol. The number of rotatable bonds is 13. The number of carbonyl (C=O) groups is 2. The third kappa shape index (κ3) is 9.38. The number of nitrogens with one attached hydrogen (secondary N) is 2. The third-order valence-electron chi connectivity index (χ3n) is 7.67. The van der Waals surface area contributed by atoms with E-state index in [2.05, 4.69) is 10.2 Å². The van der Waals surface area contributed by atoms with Crippen molar-refractivity contribution in [1.82, 2.24) is 10.4 Å². The molecule has 0 aromatic heterocycles. The normalized spacial score (nSPS) is 21.6. The molecule has 3 atom stereocenters. The van der Waals surface area contributed by atoms with Gasteiger partial charge in [0.15, 0.2) is 6.29 Å². The van der Waals surface area contributed by atoms with Gasteiger partial charge < -0.3 is 24.8 Å². The van der Waals surface area contributed by atoms with E-state index in [1.807, 2.05) is 48.5 Å². The number of carbonyl (C=O) groups excluding carboxylic acids is 2. The number of nitrogens with zero attached hydrogens (tertiary/aromatic N) is 1. The van der Waals surface area contributed by atoms with E-state index in [-0.39, 0.29) is 30.6 Å². The molecule has 2 heterocycles. The zero-order valence-electron chi connectivity index (χ0n) is 23.2. The first-order chi connectivity index (χ1) is 19.5. The molecule has 2 aliphatic rings. The van der Waals surface area contributed by atoms with Gasteiger partial charge in [0.2, 0.25) is 11.8 Å². The van der Waals surface area contributed by atoms with Crippen molar-refractivity contribution < 1.29 is 29.4 Å². The van der Waals surface area contributed by atoms with Gasteiger partial charge >= 0.3 is 0 Å². The summed E-state index contributed by atoms with van der Waals surface area (Å²) >= 11 is 0. The van der Waals surface area contributed by atoms with E-state index in [4.69, 9.17) is 14.7 Å². The van der Waals surface area contributed by atoms with E-state index in [9.17, 15) is 14.7 Å². The predicted molar refractivity (Wildman–Crippen MR) is 151 cm³/mol. The van der Waals surface area contributed by atoms with Crippen molar-refractivity contribution in [3.8, 4) is 0 Å².